The third-order valence-corrected chi connectivity index (χ3v) is 4.54. The Morgan fingerprint density at radius 2 is 1.84 bits per heavy atom. The zero-order chi connectivity index (χ0) is 22.8. The fourth-order valence-corrected chi connectivity index (χ4v) is 2.99. The lowest BCUT2D eigenvalue weighted by atomic mass is 10.1. The molecule has 162 valence electrons. The minimum Gasteiger partial charge on any atom is -0.359 e. The Balaban J connectivity index is 1.79. The maximum atomic E-state index is 13.6. The number of rotatable bonds is 6. The summed E-state index contributed by atoms with van der Waals surface area (Å²) in [5, 5.41) is 7.85. The third kappa shape index (κ3) is 4.73. The van der Waals surface area contributed by atoms with Gasteiger partial charge in [-0.25, -0.2) is 8.78 Å². The summed E-state index contributed by atoms with van der Waals surface area (Å²) >= 11 is 0. The van der Waals surface area contributed by atoms with Crippen molar-refractivity contribution in [3.8, 4) is 0 Å². The lowest BCUT2D eigenvalue weighted by molar-refractivity contribution is -0.137. The standard InChI is InChI=1S/C21H17F5N4O/c1-3-19(30(27-2)11-12-4-6-13(7-5-12)21(24,25)26)20(31)29-18-10-28-17-9-16(23)15(22)8-14(17)18/h3-10,28H,2,11H2,1H3,(H,29,31)/b19-3-. The number of fused-ring (bicyclic) bond motifs is 1. The molecular weight excluding hydrogens is 419 g/mol. The van der Waals surface area contributed by atoms with Crippen LogP contribution in [-0.4, -0.2) is 22.6 Å². The predicted octanol–water partition coefficient (Wildman–Crippen LogP) is 5.43. The first-order chi connectivity index (χ1) is 14.6. The third-order valence-electron chi connectivity index (χ3n) is 4.54. The first-order valence-electron chi connectivity index (χ1n) is 8.98. The van der Waals surface area contributed by atoms with E-state index in [4.69, 9.17) is 0 Å². The van der Waals surface area contributed by atoms with Gasteiger partial charge < -0.3 is 10.3 Å². The number of allylic oxidation sites excluding steroid dienone is 1. The summed E-state index contributed by atoms with van der Waals surface area (Å²) in [5.74, 6) is -2.71. The van der Waals surface area contributed by atoms with Crippen LogP contribution in [0.1, 0.15) is 18.1 Å². The predicted molar refractivity (Wildman–Crippen MR) is 107 cm³/mol. The fraction of sp³-hybridized carbons (Fsp3) is 0.143. The number of carbonyl (C=O) groups excluding carboxylic acids is 1. The van der Waals surface area contributed by atoms with Crippen molar-refractivity contribution in [2.24, 2.45) is 5.10 Å². The Hall–Kier alpha value is -3.69. The van der Waals surface area contributed by atoms with E-state index in [9.17, 15) is 26.7 Å². The summed E-state index contributed by atoms with van der Waals surface area (Å²) in [7, 11) is 0. The Morgan fingerprint density at radius 1 is 1.19 bits per heavy atom. The number of hydrogen-bond acceptors (Lipinski definition) is 3. The smallest absolute Gasteiger partial charge is 0.359 e. The van der Waals surface area contributed by atoms with Crippen LogP contribution in [0, 0.1) is 11.6 Å². The molecule has 0 fully saturated rings. The van der Waals surface area contributed by atoms with Crippen LogP contribution in [0.15, 0.2) is 59.5 Å². The monoisotopic (exact) mass is 436 g/mol. The van der Waals surface area contributed by atoms with E-state index in [0.29, 0.717) is 11.1 Å². The number of H-pyrrole nitrogens is 1. The lowest BCUT2D eigenvalue weighted by Gasteiger charge is -2.21. The number of hydrazone groups is 1. The van der Waals surface area contributed by atoms with Crippen molar-refractivity contribution in [1.82, 2.24) is 9.99 Å². The van der Waals surface area contributed by atoms with Gasteiger partial charge in [-0.1, -0.05) is 18.2 Å². The molecule has 1 heterocycles. The summed E-state index contributed by atoms with van der Waals surface area (Å²) in [4.78, 5) is 15.5. The molecule has 0 unspecified atom stereocenters. The molecule has 0 radical (unpaired) electrons. The van der Waals surface area contributed by atoms with Gasteiger partial charge in [-0.05, 0) is 30.7 Å². The van der Waals surface area contributed by atoms with E-state index in [1.165, 1.54) is 29.4 Å². The van der Waals surface area contributed by atoms with Crippen molar-refractivity contribution < 1.29 is 26.7 Å². The first-order valence-corrected chi connectivity index (χ1v) is 8.98. The highest BCUT2D eigenvalue weighted by Gasteiger charge is 2.30. The van der Waals surface area contributed by atoms with Crippen LogP contribution in [-0.2, 0) is 17.5 Å². The average molecular weight is 436 g/mol. The average Bonchev–Trinajstić information content (AvgIpc) is 3.09. The van der Waals surface area contributed by atoms with Crippen molar-refractivity contribution >= 4 is 29.2 Å². The van der Waals surface area contributed by atoms with Gasteiger partial charge in [0.15, 0.2) is 11.6 Å². The molecule has 10 heteroatoms. The molecule has 0 saturated carbocycles. The van der Waals surface area contributed by atoms with Crippen molar-refractivity contribution in [3.05, 3.63) is 77.1 Å². The molecule has 2 aromatic carbocycles. The van der Waals surface area contributed by atoms with E-state index in [2.05, 4.69) is 22.1 Å². The Morgan fingerprint density at radius 3 is 2.42 bits per heavy atom. The molecule has 5 nitrogen and oxygen atoms in total. The van der Waals surface area contributed by atoms with Crippen LogP contribution >= 0.6 is 0 Å². The van der Waals surface area contributed by atoms with Gasteiger partial charge >= 0.3 is 6.18 Å². The van der Waals surface area contributed by atoms with Crippen LogP contribution in [0.25, 0.3) is 10.9 Å². The summed E-state index contributed by atoms with van der Waals surface area (Å²) < 4.78 is 65.1. The number of benzene rings is 2. The number of nitrogens with one attached hydrogen (secondary N) is 2. The van der Waals surface area contributed by atoms with Crippen LogP contribution in [0.5, 0.6) is 0 Å². The number of halogens is 5. The molecule has 0 saturated heterocycles. The maximum absolute atomic E-state index is 13.6. The van der Waals surface area contributed by atoms with E-state index in [0.717, 1.165) is 24.3 Å². The Bertz CT molecular complexity index is 1150. The van der Waals surface area contributed by atoms with Crippen LogP contribution < -0.4 is 5.32 Å². The molecular formula is C21H17F5N4O. The quantitative estimate of drug-likeness (QED) is 0.234. The van der Waals surface area contributed by atoms with Gasteiger partial charge in [0.1, 0.15) is 5.70 Å². The zero-order valence-corrected chi connectivity index (χ0v) is 16.2. The summed E-state index contributed by atoms with van der Waals surface area (Å²) in [6.45, 7) is 4.97. The number of aromatic nitrogens is 1. The van der Waals surface area contributed by atoms with Crippen molar-refractivity contribution in [3.63, 3.8) is 0 Å². The highest BCUT2D eigenvalue weighted by molar-refractivity contribution is 6.08. The number of alkyl halides is 3. The van der Waals surface area contributed by atoms with Gasteiger partial charge in [0, 0.05) is 24.4 Å². The molecule has 3 rings (SSSR count). The summed E-state index contributed by atoms with van der Waals surface area (Å²) in [5.41, 5.74) is 0.252. The highest BCUT2D eigenvalue weighted by Crippen LogP contribution is 2.30. The van der Waals surface area contributed by atoms with E-state index < -0.39 is 29.3 Å². The molecule has 3 aromatic rings. The topological polar surface area (TPSA) is 60.5 Å². The van der Waals surface area contributed by atoms with Gasteiger partial charge in [0.05, 0.1) is 23.3 Å². The number of nitrogens with zero attached hydrogens (tertiary/aromatic N) is 2. The normalized spacial score (nSPS) is 12.1. The molecule has 31 heavy (non-hydrogen) atoms. The second-order valence-electron chi connectivity index (χ2n) is 6.54. The number of amides is 1. The zero-order valence-electron chi connectivity index (χ0n) is 16.2. The Kier molecular flexibility index (Phi) is 6.09. The second kappa shape index (κ2) is 8.58. The number of aromatic amines is 1. The first kappa shape index (κ1) is 22.0. The molecule has 0 spiro atoms. The van der Waals surface area contributed by atoms with E-state index in [1.807, 2.05) is 0 Å². The van der Waals surface area contributed by atoms with Crippen LogP contribution in [0.3, 0.4) is 0 Å². The lowest BCUT2D eigenvalue weighted by Crippen LogP contribution is -2.27. The Labute approximate surface area is 173 Å². The van der Waals surface area contributed by atoms with E-state index in [1.54, 1.807) is 6.92 Å². The number of anilines is 1. The largest absolute Gasteiger partial charge is 0.416 e. The van der Waals surface area contributed by atoms with E-state index >= 15 is 0 Å². The molecule has 0 aliphatic heterocycles. The SMILES string of the molecule is C=NN(Cc1ccc(C(F)(F)F)cc1)/C(=C\C)C(=O)Nc1c[nH]c2cc(F)c(F)cc12. The minimum absolute atomic E-state index is 0.0115. The minimum atomic E-state index is -4.45. The van der Waals surface area contributed by atoms with Gasteiger partial charge in [0.2, 0.25) is 0 Å². The fourth-order valence-electron chi connectivity index (χ4n) is 2.99. The van der Waals surface area contributed by atoms with Gasteiger partial charge in [-0.2, -0.15) is 18.3 Å². The molecule has 0 aliphatic carbocycles. The maximum Gasteiger partial charge on any atom is 0.416 e. The number of carbonyl (C=O) groups is 1. The van der Waals surface area contributed by atoms with Gasteiger partial charge in [0.25, 0.3) is 5.91 Å². The van der Waals surface area contributed by atoms with Gasteiger partial charge in [-0.15, -0.1) is 0 Å². The molecule has 2 N–H and O–H groups in total. The molecule has 1 aromatic heterocycles. The van der Waals surface area contributed by atoms with Crippen molar-refractivity contribution in [2.45, 2.75) is 19.6 Å². The molecule has 1 amide bonds. The van der Waals surface area contributed by atoms with E-state index in [-0.39, 0.29) is 23.3 Å². The summed E-state index contributed by atoms with van der Waals surface area (Å²) in [6.07, 6.45) is -1.62. The molecule has 0 aliphatic rings. The van der Waals surface area contributed by atoms with Gasteiger partial charge in [-0.3, -0.25) is 9.80 Å². The number of hydrogen-bond donors (Lipinski definition) is 2. The summed E-state index contributed by atoms with van der Waals surface area (Å²) in [6, 6.07) is 6.36. The molecule has 0 bridgehead atoms. The van der Waals surface area contributed by atoms with Crippen LogP contribution in [0.4, 0.5) is 27.6 Å². The second-order valence-corrected chi connectivity index (χ2v) is 6.54. The highest BCUT2D eigenvalue weighted by atomic mass is 19.4. The van der Waals surface area contributed by atoms with Crippen molar-refractivity contribution in [1.29, 1.82) is 0 Å². The molecule has 0 atom stereocenters. The van der Waals surface area contributed by atoms with Crippen molar-refractivity contribution in [2.75, 3.05) is 5.32 Å². The van der Waals surface area contributed by atoms with Crippen LogP contribution in [0.2, 0.25) is 0 Å².